The van der Waals surface area contributed by atoms with Crippen LogP contribution < -0.4 is 10.1 Å². The molecule has 1 N–H and O–H groups in total. The Kier molecular flexibility index (Phi) is 2.83. The Hall–Kier alpha value is -1.02. The summed E-state index contributed by atoms with van der Waals surface area (Å²) in [6, 6.07) is 9.45. The van der Waals surface area contributed by atoms with E-state index in [4.69, 9.17) is 4.74 Å². The van der Waals surface area contributed by atoms with E-state index in [1.54, 1.807) is 7.11 Å². The topological polar surface area (TPSA) is 21.3 Å². The molecule has 2 aliphatic rings. The third-order valence-electron chi connectivity index (χ3n) is 4.56. The molecular weight excluding hydrogens is 210 g/mol. The van der Waals surface area contributed by atoms with Gasteiger partial charge in [-0.3, -0.25) is 0 Å². The van der Waals surface area contributed by atoms with Crippen molar-refractivity contribution in [3.63, 3.8) is 0 Å². The first-order chi connectivity index (χ1) is 8.32. The minimum atomic E-state index is 0.419. The van der Waals surface area contributed by atoms with Crippen LogP contribution in [0.1, 0.15) is 37.7 Å². The fraction of sp³-hybridized carbons (Fsp3) is 0.600. The Labute approximate surface area is 103 Å². The van der Waals surface area contributed by atoms with Crippen molar-refractivity contribution in [2.75, 3.05) is 13.7 Å². The van der Waals surface area contributed by atoms with Crippen LogP contribution in [0.15, 0.2) is 24.3 Å². The zero-order chi connectivity index (χ0) is 11.7. The normalized spacial score (nSPS) is 32.2. The average Bonchev–Trinajstić information content (AvgIpc) is 2.65. The minimum absolute atomic E-state index is 0.419. The van der Waals surface area contributed by atoms with Gasteiger partial charge in [-0.1, -0.05) is 12.1 Å². The van der Waals surface area contributed by atoms with Gasteiger partial charge >= 0.3 is 0 Å². The van der Waals surface area contributed by atoms with Crippen LogP contribution in [-0.2, 0) is 5.41 Å². The monoisotopic (exact) mass is 231 g/mol. The van der Waals surface area contributed by atoms with E-state index in [2.05, 4.69) is 23.5 Å². The Morgan fingerprint density at radius 1 is 1.35 bits per heavy atom. The molecule has 1 saturated heterocycles. The van der Waals surface area contributed by atoms with Gasteiger partial charge in [0.1, 0.15) is 5.75 Å². The molecule has 1 aliphatic carbocycles. The van der Waals surface area contributed by atoms with Crippen LogP contribution in [0.25, 0.3) is 0 Å². The zero-order valence-electron chi connectivity index (χ0n) is 10.5. The lowest BCUT2D eigenvalue weighted by atomic mass is 9.75. The van der Waals surface area contributed by atoms with Crippen molar-refractivity contribution in [1.82, 2.24) is 5.32 Å². The number of hydrogen-bond donors (Lipinski definition) is 1. The molecule has 0 spiro atoms. The Morgan fingerprint density at radius 2 is 2.29 bits per heavy atom. The molecule has 1 aliphatic heterocycles. The summed E-state index contributed by atoms with van der Waals surface area (Å²) in [5.74, 6) is 0.998. The van der Waals surface area contributed by atoms with Gasteiger partial charge in [0.05, 0.1) is 7.11 Å². The fourth-order valence-corrected chi connectivity index (χ4v) is 3.62. The van der Waals surface area contributed by atoms with Gasteiger partial charge in [-0.25, -0.2) is 0 Å². The van der Waals surface area contributed by atoms with Crippen molar-refractivity contribution in [3.05, 3.63) is 29.8 Å². The standard InChI is InChI=1S/C15H21NO/c1-17-14-5-2-4-12(10-14)15-7-3-9-16-13(11-15)6-8-15/h2,4-5,10,13,16H,3,6-9,11H2,1H3/t13-,15-/m0/s1. The van der Waals surface area contributed by atoms with E-state index in [1.165, 1.54) is 44.2 Å². The molecule has 1 aromatic carbocycles. The molecule has 2 atom stereocenters. The summed E-state index contributed by atoms with van der Waals surface area (Å²) >= 11 is 0. The molecule has 0 aromatic heterocycles. The molecule has 3 rings (SSSR count). The molecule has 1 aromatic rings. The quantitative estimate of drug-likeness (QED) is 0.845. The number of fused-ring (bicyclic) bond motifs is 2. The summed E-state index contributed by atoms with van der Waals surface area (Å²) in [5, 5.41) is 3.66. The van der Waals surface area contributed by atoms with E-state index < -0.39 is 0 Å². The summed E-state index contributed by atoms with van der Waals surface area (Å²) in [6.07, 6.45) is 6.59. The molecule has 2 nitrogen and oxygen atoms in total. The largest absolute Gasteiger partial charge is 0.497 e. The molecule has 0 amide bonds. The number of rotatable bonds is 2. The first-order valence-corrected chi connectivity index (χ1v) is 6.70. The second kappa shape index (κ2) is 4.34. The predicted octanol–water partition coefficient (Wildman–Crippen LogP) is 2.87. The van der Waals surface area contributed by atoms with Crippen molar-refractivity contribution in [1.29, 1.82) is 0 Å². The summed E-state index contributed by atoms with van der Waals surface area (Å²) in [5.41, 5.74) is 1.91. The molecule has 0 unspecified atom stereocenters. The second-order valence-corrected chi connectivity index (χ2v) is 5.51. The number of benzene rings is 1. The minimum Gasteiger partial charge on any atom is -0.497 e. The van der Waals surface area contributed by atoms with E-state index in [1.807, 2.05) is 6.07 Å². The van der Waals surface area contributed by atoms with Crippen molar-refractivity contribution < 1.29 is 4.74 Å². The van der Waals surface area contributed by atoms with Crippen LogP contribution in [0.5, 0.6) is 5.75 Å². The molecule has 1 heterocycles. The van der Waals surface area contributed by atoms with Gasteiger partial charge in [0.2, 0.25) is 0 Å². The predicted molar refractivity (Wildman–Crippen MR) is 69.5 cm³/mol. The molecule has 17 heavy (non-hydrogen) atoms. The molecule has 0 radical (unpaired) electrons. The van der Waals surface area contributed by atoms with Gasteiger partial charge in [-0.15, -0.1) is 0 Å². The lowest BCUT2D eigenvalue weighted by Gasteiger charge is -2.29. The highest BCUT2D eigenvalue weighted by Gasteiger charge is 2.41. The van der Waals surface area contributed by atoms with Crippen LogP contribution in [0.2, 0.25) is 0 Å². The summed E-state index contributed by atoms with van der Waals surface area (Å²) in [4.78, 5) is 0. The lowest BCUT2D eigenvalue weighted by molar-refractivity contribution is 0.393. The van der Waals surface area contributed by atoms with Gasteiger partial charge in [0.15, 0.2) is 0 Å². The van der Waals surface area contributed by atoms with Crippen molar-refractivity contribution >= 4 is 0 Å². The smallest absolute Gasteiger partial charge is 0.119 e. The first-order valence-electron chi connectivity index (χ1n) is 6.70. The maximum atomic E-state index is 5.36. The number of methoxy groups -OCH3 is 1. The van der Waals surface area contributed by atoms with E-state index in [9.17, 15) is 0 Å². The fourth-order valence-electron chi connectivity index (χ4n) is 3.62. The Morgan fingerprint density at radius 3 is 3.18 bits per heavy atom. The molecule has 2 fully saturated rings. The van der Waals surface area contributed by atoms with Crippen LogP contribution in [0.4, 0.5) is 0 Å². The van der Waals surface area contributed by atoms with Gasteiger partial charge in [0.25, 0.3) is 0 Å². The van der Waals surface area contributed by atoms with Crippen LogP contribution >= 0.6 is 0 Å². The van der Waals surface area contributed by atoms with Crippen LogP contribution in [0, 0.1) is 0 Å². The average molecular weight is 231 g/mol. The molecule has 2 heteroatoms. The Balaban J connectivity index is 1.95. The lowest BCUT2D eigenvalue weighted by Crippen LogP contribution is -2.26. The van der Waals surface area contributed by atoms with Gasteiger partial charge in [-0.2, -0.15) is 0 Å². The summed E-state index contributed by atoms with van der Waals surface area (Å²) in [7, 11) is 1.75. The molecule has 2 bridgehead atoms. The third-order valence-corrected chi connectivity index (χ3v) is 4.56. The Bertz CT molecular complexity index is 404. The van der Waals surface area contributed by atoms with Crippen molar-refractivity contribution in [2.24, 2.45) is 0 Å². The highest BCUT2D eigenvalue weighted by atomic mass is 16.5. The first kappa shape index (κ1) is 11.1. The maximum absolute atomic E-state index is 5.36. The summed E-state index contributed by atoms with van der Waals surface area (Å²) in [6.45, 7) is 1.19. The van der Waals surface area contributed by atoms with E-state index in [-0.39, 0.29) is 0 Å². The number of ether oxygens (including phenoxy) is 1. The maximum Gasteiger partial charge on any atom is 0.119 e. The van der Waals surface area contributed by atoms with Gasteiger partial charge < -0.3 is 10.1 Å². The highest BCUT2D eigenvalue weighted by Crippen LogP contribution is 2.46. The van der Waals surface area contributed by atoms with Crippen molar-refractivity contribution in [2.45, 2.75) is 43.6 Å². The van der Waals surface area contributed by atoms with E-state index in [0.717, 1.165) is 11.8 Å². The third kappa shape index (κ3) is 1.95. The van der Waals surface area contributed by atoms with Crippen molar-refractivity contribution in [3.8, 4) is 5.75 Å². The summed E-state index contributed by atoms with van der Waals surface area (Å²) < 4.78 is 5.36. The van der Waals surface area contributed by atoms with Gasteiger partial charge in [0, 0.05) is 6.04 Å². The molecule has 92 valence electrons. The van der Waals surface area contributed by atoms with Crippen LogP contribution in [0.3, 0.4) is 0 Å². The SMILES string of the molecule is COc1cccc([C@@]23CCCN[C@@H](CC2)C3)c1. The van der Waals surface area contributed by atoms with Crippen LogP contribution in [-0.4, -0.2) is 19.7 Å². The van der Waals surface area contributed by atoms with E-state index in [0.29, 0.717) is 5.41 Å². The number of nitrogens with one attached hydrogen (secondary N) is 1. The molecule has 1 saturated carbocycles. The van der Waals surface area contributed by atoms with E-state index >= 15 is 0 Å². The highest BCUT2D eigenvalue weighted by molar-refractivity contribution is 5.35. The number of hydrogen-bond acceptors (Lipinski definition) is 2. The van der Waals surface area contributed by atoms with Gasteiger partial charge in [-0.05, 0) is 61.8 Å². The second-order valence-electron chi connectivity index (χ2n) is 5.51. The molecular formula is C15H21NO. The zero-order valence-corrected chi connectivity index (χ0v) is 10.5.